The number of ether oxygens (including phenoxy) is 10. The predicted octanol–water partition coefficient (Wildman–Crippen LogP) is 4.20. The summed E-state index contributed by atoms with van der Waals surface area (Å²) in [6.07, 6.45) is 2.00. The summed E-state index contributed by atoms with van der Waals surface area (Å²) in [5, 5.41) is 8.78. The highest BCUT2D eigenvalue weighted by molar-refractivity contribution is 5.69. The molecule has 13 nitrogen and oxygen atoms in total. The lowest BCUT2D eigenvalue weighted by Crippen LogP contribution is -2.64. The summed E-state index contributed by atoms with van der Waals surface area (Å²) in [6, 6.07) is 0. The first-order chi connectivity index (χ1) is 19.7. The second-order valence-corrected chi connectivity index (χ2v) is 8.66. The van der Waals surface area contributed by atoms with Crippen LogP contribution in [-0.2, 0) is 57.0 Å². The van der Waals surface area contributed by atoms with Crippen molar-refractivity contribution in [1.29, 1.82) is 0 Å². The monoisotopic (exact) mass is 598 g/mol. The SMILES string of the molecule is CCOC(OCC)(OCC)C(CCOC(OCC)(OCC)C(OC)(OCC)OC(=O)CCCCCCC(=O)O)OC. The Labute approximate surface area is 245 Å². The van der Waals surface area contributed by atoms with Gasteiger partial charge >= 0.3 is 29.9 Å². The molecule has 0 aliphatic heterocycles. The summed E-state index contributed by atoms with van der Waals surface area (Å²) < 4.78 is 58.6. The molecule has 244 valence electrons. The average molecular weight is 599 g/mol. The number of aliphatic carboxylic acids is 1. The van der Waals surface area contributed by atoms with Crippen molar-refractivity contribution in [2.24, 2.45) is 0 Å². The van der Waals surface area contributed by atoms with Gasteiger partial charge in [-0.15, -0.1) is 0 Å². The van der Waals surface area contributed by atoms with Crippen LogP contribution in [0.1, 0.15) is 86.5 Å². The van der Waals surface area contributed by atoms with Gasteiger partial charge in [0.2, 0.25) is 0 Å². The molecule has 0 aromatic rings. The van der Waals surface area contributed by atoms with Crippen molar-refractivity contribution < 1.29 is 62.1 Å². The minimum absolute atomic E-state index is 0.0466. The fourth-order valence-corrected chi connectivity index (χ4v) is 4.21. The van der Waals surface area contributed by atoms with Crippen molar-refractivity contribution in [2.75, 3.05) is 60.5 Å². The van der Waals surface area contributed by atoms with E-state index in [4.69, 9.17) is 52.5 Å². The van der Waals surface area contributed by atoms with Crippen LogP contribution in [0.2, 0.25) is 0 Å². The van der Waals surface area contributed by atoms with Crippen molar-refractivity contribution in [1.82, 2.24) is 0 Å². The molecule has 41 heavy (non-hydrogen) atoms. The molecule has 13 heteroatoms. The highest BCUT2D eigenvalue weighted by Crippen LogP contribution is 2.37. The van der Waals surface area contributed by atoms with E-state index in [-0.39, 0.29) is 45.7 Å². The highest BCUT2D eigenvalue weighted by atomic mass is 17.0. The fourth-order valence-electron chi connectivity index (χ4n) is 4.21. The van der Waals surface area contributed by atoms with Gasteiger partial charge in [0.15, 0.2) is 0 Å². The molecular weight excluding hydrogens is 544 g/mol. The van der Waals surface area contributed by atoms with E-state index < -0.39 is 36.0 Å². The van der Waals surface area contributed by atoms with Gasteiger partial charge in [-0.05, 0) is 54.4 Å². The highest BCUT2D eigenvalue weighted by Gasteiger charge is 2.63. The van der Waals surface area contributed by atoms with E-state index in [2.05, 4.69) is 0 Å². The van der Waals surface area contributed by atoms with Crippen LogP contribution in [0, 0.1) is 0 Å². The molecule has 0 saturated heterocycles. The molecule has 0 rings (SSSR count). The molecule has 0 bridgehead atoms. The lowest BCUT2D eigenvalue weighted by Gasteiger charge is -2.44. The molecule has 0 amide bonds. The van der Waals surface area contributed by atoms with Crippen molar-refractivity contribution in [3.8, 4) is 0 Å². The van der Waals surface area contributed by atoms with Crippen LogP contribution >= 0.6 is 0 Å². The molecule has 2 atom stereocenters. The lowest BCUT2D eigenvalue weighted by molar-refractivity contribution is -0.547. The average Bonchev–Trinajstić information content (AvgIpc) is 2.93. The zero-order chi connectivity index (χ0) is 31.2. The third kappa shape index (κ3) is 12.8. The number of methoxy groups -OCH3 is 2. The number of unbranched alkanes of at least 4 members (excludes halogenated alkanes) is 3. The molecule has 0 aromatic heterocycles. The molecule has 0 radical (unpaired) electrons. The van der Waals surface area contributed by atoms with Crippen LogP contribution in [0.3, 0.4) is 0 Å². The zero-order valence-corrected chi connectivity index (χ0v) is 26.3. The number of hydrogen-bond acceptors (Lipinski definition) is 12. The van der Waals surface area contributed by atoms with Crippen molar-refractivity contribution in [3.05, 3.63) is 0 Å². The normalized spacial score (nSPS) is 14.5. The Kier molecular flexibility index (Phi) is 21.4. The first-order valence-corrected chi connectivity index (χ1v) is 14.6. The minimum Gasteiger partial charge on any atom is -0.481 e. The Morgan fingerprint density at radius 3 is 1.51 bits per heavy atom. The largest absolute Gasteiger partial charge is 0.481 e. The summed E-state index contributed by atoms with van der Waals surface area (Å²) in [5.41, 5.74) is 0. The van der Waals surface area contributed by atoms with Crippen molar-refractivity contribution >= 4 is 11.9 Å². The zero-order valence-electron chi connectivity index (χ0n) is 26.3. The number of carboxylic acid groups (broad SMARTS) is 1. The Bertz CT molecular complexity index is 667. The van der Waals surface area contributed by atoms with Crippen LogP contribution in [-0.4, -0.2) is 102 Å². The molecular formula is C28H54O13. The third-order valence-corrected chi connectivity index (χ3v) is 5.80. The number of rotatable bonds is 28. The number of carbonyl (C=O) groups is 2. The number of hydrogen-bond donors (Lipinski definition) is 1. The third-order valence-electron chi connectivity index (χ3n) is 5.80. The van der Waals surface area contributed by atoms with Gasteiger partial charge in [0, 0.05) is 66.5 Å². The standard InChI is InChI=1S/C28H54O13/c1-9-34-26(35-10-2,36-11-3)23(32-7)21-22-40-28(38-13-5,39-14-6)27(33-8,37-12-4)41-25(31)20-18-16-15-17-19-24(29)30/h23H,9-22H2,1-8H3,(H,29,30). The topological polar surface area (TPSA) is 147 Å². The van der Waals surface area contributed by atoms with Gasteiger partial charge < -0.3 is 52.5 Å². The van der Waals surface area contributed by atoms with Crippen molar-refractivity contribution in [3.63, 3.8) is 0 Å². The first kappa shape index (κ1) is 39.6. The van der Waals surface area contributed by atoms with Crippen LogP contribution in [0.15, 0.2) is 0 Å². The maximum absolute atomic E-state index is 13.0. The maximum atomic E-state index is 13.0. The van der Waals surface area contributed by atoms with Gasteiger partial charge in [-0.3, -0.25) is 9.59 Å². The number of esters is 1. The molecule has 0 aromatic carbocycles. The molecule has 0 saturated carbocycles. The Hall–Kier alpha value is -1.42. The quantitative estimate of drug-likeness (QED) is 0.0780. The van der Waals surface area contributed by atoms with Gasteiger partial charge in [0.05, 0.1) is 13.2 Å². The minimum atomic E-state index is -2.20. The van der Waals surface area contributed by atoms with Crippen LogP contribution in [0.4, 0.5) is 0 Å². The van der Waals surface area contributed by atoms with Gasteiger partial charge in [-0.1, -0.05) is 12.8 Å². The lowest BCUT2D eigenvalue weighted by atomic mass is 10.1. The van der Waals surface area contributed by atoms with E-state index in [0.29, 0.717) is 45.5 Å². The Balaban J connectivity index is 5.92. The predicted molar refractivity (Wildman–Crippen MR) is 148 cm³/mol. The van der Waals surface area contributed by atoms with E-state index in [1.165, 1.54) is 14.2 Å². The second-order valence-electron chi connectivity index (χ2n) is 8.66. The van der Waals surface area contributed by atoms with E-state index in [0.717, 1.165) is 0 Å². The first-order valence-electron chi connectivity index (χ1n) is 14.6. The fraction of sp³-hybridized carbons (Fsp3) is 0.929. The van der Waals surface area contributed by atoms with Crippen LogP contribution < -0.4 is 0 Å². The van der Waals surface area contributed by atoms with E-state index >= 15 is 0 Å². The molecule has 1 N–H and O–H groups in total. The van der Waals surface area contributed by atoms with E-state index in [9.17, 15) is 9.59 Å². The van der Waals surface area contributed by atoms with Gasteiger partial charge in [0.1, 0.15) is 6.10 Å². The van der Waals surface area contributed by atoms with Crippen LogP contribution in [0.5, 0.6) is 0 Å². The summed E-state index contributed by atoms with van der Waals surface area (Å²) >= 11 is 0. The maximum Gasteiger partial charge on any atom is 0.416 e. The summed E-state index contributed by atoms with van der Waals surface area (Å²) in [6.45, 7) is 11.8. The summed E-state index contributed by atoms with van der Waals surface area (Å²) in [4.78, 5) is 23.6. The molecule has 0 aliphatic carbocycles. The van der Waals surface area contributed by atoms with Gasteiger partial charge in [-0.2, -0.15) is 0 Å². The molecule has 0 fully saturated rings. The van der Waals surface area contributed by atoms with Gasteiger partial charge in [-0.25, -0.2) is 0 Å². The number of carboxylic acids is 1. The van der Waals surface area contributed by atoms with Gasteiger partial charge in [0.25, 0.3) is 0 Å². The Morgan fingerprint density at radius 2 is 1.10 bits per heavy atom. The summed E-state index contributed by atoms with van der Waals surface area (Å²) in [5.74, 6) is -7.23. The summed E-state index contributed by atoms with van der Waals surface area (Å²) in [7, 11) is 2.81. The second kappa shape index (κ2) is 22.2. The van der Waals surface area contributed by atoms with Crippen LogP contribution in [0.25, 0.3) is 0 Å². The Morgan fingerprint density at radius 1 is 0.634 bits per heavy atom. The molecule has 0 heterocycles. The van der Waals surface area contributed by atoms with E-state index in [1.807, 2.05) is 20.8 Å². The van der Waals surface area contributed by atoms with Crippen molar-refractivity contribution in [2.45, 2.75) is 111 Å². The van der Waals surface area contributed by atoms with E-state index in [1.54, 1.807) is 20.8 Å². The molecule has 0 spiro atoms. The number of carbonyl (C=O) groups excluding carboxylic acids is 1. The molecule has 2 unspecified atom stereocenters. The molecule has 0 aliphatic rings. The smallest absolute Gasteiger partial charge is 0.416 e.